The summed E-state index contributed by atoms with van der Waals surface area (Å²) >= 11 is 0. The van der Waals surface area contributed by atoms with Crippen molar-refractivity contribution in [1.82, 2.24) is 0 Å². The lowest BCUT2D eigenvalue weighted by molar-refractivity contribution is -0.143. The average molecular weight is 168 g/mol. The third-order valence-corrected chi connectivity index (χ3v) is 2.90. The number of carboxylic acid groups (broad SMARTS) is 1. The molecule has 1 aliphatic carbocycles. The zero-order valence-electron chi connectivity index (χ0n) is 7.71. The van der Waals surface area contributed by atoms with E-state index < -0.39 is 5.97 Å². The number of aliphatic carboxylic acids is 1. The zero-order chi connectivity index (χ0) is 9.30. The molecular formula is C10H16O2. The second-order valence-corrected chi connectivity index (χ2v) is 3.87. The summed E-state index contributed by atoms with van der Waals surface area (Å²) in [5, 5.41) is 8.96. The van der Waals surface area contributed by atoms with Crippen molar-refractivity contribution in [2.45, 2.75) is 26.7 Å². The third kappa shape index (κ3) is 1.52. The lowest BCUT2D eigenvalue weighted by atomic mass is 9.87. The van der Waals surface area contributed by atoms with Crippen LogP contribution in [0.15, 0.2) is 12.2 Å². The Morgan fingerprint density at radius 3 is 2.42 bits per heavy atom. The van der Waals surface area contributed by atoms with Crippen molar-refractivity contribution in [3.63, 3.8) is 0 Å². The van der Waals surface area contributed by atoms with Gasteiger partial charge >= 0.3 is 5.97 Å². The maximum absolute atomic E-state index is 10.9. The van der Waals surface area contributed by atoms with Gasteiger partial charge in [-0.3, -0.25) is 4.79 Å². The molecule has 0 aliphatic heterocycles. The fraction of sp³-hybridized carbons (Fsp3) is 0.700. The summed E-state index contributed by atoms with van der Waals surface area (Å²) in [6.07, 6.45) is 2.02. The molecule has 0 aromatic rings. The molecule has 2 nitrogen and oxygen atoms in total. The second-order valence-electron chi connectivity index (χ2n) is 3.87. The van der Waals surface area contributed by atoms with Crippen LogP contribution in [-0.4, -0.2) is 11.1 Å². The number of carboxylic acids is 1. The number of rotatable bonds is 2. The first-order valence-electron chi connectivity index (χ1n) is 4.42. The lowest BCUT2D eigenvalue weighted by Gasteiger charge is -2.18. The highest BCUT2D eigenvalue weighted by Crippen LogP contribution is 2.40. The molecule has 12 heavy (non-hydrogen) atoms. The lowest BCUT2D eigenvalue weighted by Crippen LogP contribution is -2.23. The third-order valence-electron chi connectivity index (χ3n) is 2.90. The Labute approximate surface area is 73.3 Å². The molecule has 1 fully saturated rings. The van der Waals surface area contributed by atoms with E-state index in [1.807, 2.05) is 13.8 Å². The van der Waals surface area contributed by atoms with E-state index in [1.165, 1.54) is 0 Å². The van der Waals surface area contributed by atoms with E-state index >= 15 is 0 Å². The topological polar surface area (TPSA) is 37.3 Å². The SMILES string of the molecule is C=C(C)[C@H]1CC[C@@H](C)[C@H]1C(=O)O. The molecule has 3 atom stereocenters. The van der Waals surface area contributed by atoms with Gasteiger partial charge in [0.25, 0.3) is 0 Å². The Kier molecular flexibility index (Phi) is 2.55. The van der Waals surface area contributed by atoms with E-state index in [4.69, 9.17) is 5.11 Å². The van der Waals surface area contributed by atoms with Crippen molar-refractivity contribution in [2.75, 3.05) is 0 Å². The van der Waals surface area contributed by atoms with Crippen LogP contribution in [0.2, 0.25) is 0 Å². The quantitative estimate of drug-likeness (QED) is 0.642. The normalized spacial score (nSPS) is 35.0. The number of hydrogen-bond acceptors (Lipinski definition) is 1. The molecule has 0 amide bonds. The van der Waals surface area contributed by atoms with Gasteiger partial charge in [0.1, 0.15) is 0 Å². The van der Waals surface area contributed by atoms with Crippen LogP contribution in [0.25, 0.3) is 0 Å². The first-order valence-corrected chi connectivity index (χ1v) is 4.42. The van der Waals surface area contributed by atoms with Crippen LogP contribution in [0.5, 0.6) is 0 Å². The molecular weight excluding hydrogens is 152 g/mol. The summed E-state index contributed by atoms with van der Waals surface area (Å²) in [7, 11) is 0. The molecule has 0 spiro atoms. The van der Waals surface area contributed by atoms with Crippen molar-refractivity contribution >= 4 is 5.97 Å². The predicted molar refractivity (Wildman–Crippen MR) is 47.8 cm³/mol. The van der Waals surface area contributed by atoms with Crippen LogP contribution >= 0.6 is 0 Å². The maximum Gasteiger partial charge on any atom is 0.307 e. The van der Waals surface area contributed by atoms with E-state index in [-0.39, 0.29) is 11.8 Å². The van der Waals surface area contributed by atoms with Gasteiger partial charge in [0, 0.05) is 0 Å². The van der Waals surface area contributed by atoms with E-state index in [2.05, 4.69) is 6.58 Å². The van der Waals surface area contributed by atoms with Crippen molar-refractivity contribution in [1.29, 1.82) is 0 Å². The summed E-state index contributed by atoms with van der Waals surface area (Å²) in [5.74, 6) is -0.336. The van der Waals surface area contributed by atoms with Crippen LogP contribution in [0.4, 0.5) is 0 Å². The van der Waals surface area contributed by atoms with Crippen LogP contribution in [0, 0.1) is 17.8 Å². The number of carbonyl (C=O) groups is 1. The van der Waals surface area contributed by atoms with Gasteiger partial charge in [0.15, 0.2) is 0 Å². The summed E-state index contributed by atoms with van der Waals surface area (Å²) < 4.78 is 0. The molecule has 2 heteroatoms. The van der Waals surface area contributed by atoms with Crippen molar-refractivity contribution in [3.8, 4) is 0 Å². The monoisotopic (exact) mass is 168 g/mol. The summed E-state index contributed by atoms with van der Waals surface area (Å²) in [6.45, 7) is 7.79. The highest BCUT2D eigenvalue weighted by atomic mass is 16.4. The maximum atomic E-state index is 10.9. The summed E-state index contributed by atoms with van der Waals surface area (Å²) in [6, 6.07) is 0. The molecule has 1 N–H and O–H groups in total. The van der Waals surface area contributed by atoms with Gasteiger partial charge in [0.2, 0.25) is 0 Å². The molecule has 0 bridgehead atoms. The van der Waals surface area contributed by atoms with Gasteiger partial charge in [-0.2, -0.15) is 0 Å². The molecule has 1 rings (SSSR count). The van der Waals surface area contributed by atoms with Gasteiger partial charge in [0.05, 0.1) is 5.92 Å². The molecule has 1 saturated carbocycles. The first-order chi connectivity index (χ1) is 5.54. The smallest absolute Gasteiger partial charge is 0.307 e. The molecule has 68 valence electrons. The fourth-order valence-corrected chi connectivity index (χ4v) is 2.17. The Balaban J connectivity index is 2.77. The van der Waals surface area contributed by atoms with Crippen molar-refractivity contribution in [2.24, 2.45) is 17.8 Å². The summed E-state index contributed by atoms with van der Waals surface area (Å²) in [4.78, 5) is 10.9. The molecule has 0 radical (unpaired) electrons. The van der Waals surface area contributed by atoms with Crippen molar-refractivity contribution in [3.05, 3.63) is 12.2 Å². The highest BCUT2D eigenvalue weighted by molar-refractivity contribution is 5.71. The van der Waals surface area contributed by atoms with Crippen LogP contribution < -0.4 is 0 Å². The molecule has 0 aromatic carbocycles. The largest absolute Gasteiger partial charge is 0.481 e. The van der Waals surface area contributed by atoms with Crippen molar-refractivity contribution < 1.29 is 9.90 Å². The van der Waals surface area contributed by atoms with E-state index in [0.29, 0.717) is 5.92 Å². The van der Waals surface area contributed by atoms with E-state index in [1.54, 1.807) is 0 Å². The average Bonchev–Trinajstić information content (AvgIpc) is 2.30. The van der Waals surface area contributed by atoms with Gasteiger partial charge in [-0.1, -0.05) is 19.1 Å². The Morgan fingerprint density at radius 1 is 1.50 bits per heavy atom. The minimum atomic E-state index is -0.659. The first kappa shape index (κ1) is 9.30. The Bertz CT molecular complexity index is 208. The van der Waals surface area contributed by atoms with Gasteiger partial charge < -0.3 is 5.11 Å². The summed E-state index contributed by atoms with van der Waals surface area (Å²) in [5.41, 5.74) is 1.02. The van der Waals surface area contributed by atoms with Gasteiger partial charge in [-0.05, 0) is 31.6 Å². The Morgan fingerprint density at radius 2 is 2.08 bits per heavy atom. The van der Waals surface area contributed by atoms with Gasteiger partial charge in [-0.15, -0.1) is 0 Å². The van der Waals surface area contributed by atoms with Crippen LogP contribution in [0.1, 0.15) is 26.7 Å². The predicted octanol–water partition coefficient (Wildman–Crippen LogP) is 2.31. The van der Waals surface area contributed by atoms with Crippen LogP contribution in [0.3, 0.4) is 0 Å². The number of hydrogen-bond donors (Lipinski definition) is 1. The standard InChI is InChI=1S/C10H16O2/c1-6(2)8-5-4-7(3)9(8)10(11)12/h7-9H,1,4-5H2,2-3H3,(H,11,12)/t7-,8-,9-/m1/s1. The second kappa shape index (κ2) is 3.30. The minimum absolute atomic E-state index is 0.192. The van der Waals surface area contributed by atoms with E-state index in [0.717, 1.165) is 18.4 Å². The highest BCUT2D eigenvalue weighted by Gasteiger charge is 2.38. The minimum Gasteiger partial charge on any atom is -0.481 e. The van der Waals surface area contributed by atoms with Crippen LogP contribution in [-0.2, 0) is 4.79 Å². The molecule has 1 aliphatic rings. The molecule has 0 unspecified atom stereocenters. The zero-order valence-corrected chi connectivity index (χ0v) is 7.71. The van der Waals surface area contributed by atoms with Gasteiger partial charge in [-0.25, -0.2) is 0 Å². The Hall–Kier alpha value is -0.790. The molecule has 0 aromatic heterocycles. The fourth-order valence-electron chi connectivity index (χ4n) is 2.17. The number of allylic oxidation sites excluding steroid dienone is 1. The molecule has 0 saturated heterocycles. The van der Waals surface area contributed by atoms with E-state index in [9.17, 15) is 4.79 Å². The molecule has 0 heterocycles.